The Balaban J connectivity index is 2.29. The molecule has 0 aromatic rings. The monoisotopic (exact) mass is 313 g/mol. The molecule has 0 spiro atoms. The van der Waals surface area contributed by atoms with E-state index in [9.17, 15) is 25.2 Å². The fourth-order valence-electron chi connectivity index (χ4n) is 2.83. The quantitative estimate of drug-likeness (QED) is 0.553. The van der Waals surface area contributed by atoms with Crippen molar-refractivity contribution in [3.63, 3.8) is 0 Å². The number of aliphatic hydroxyl groups is 3. The van der Waals surface area contributed by atoms with Crippen LogP contribution < -0.4 is 0 Å². The minimum atomic E-state index is -1.22. The molecule has 0 aliphatic carbocycles. The Bertz CT molecular complexity index is 475. The largest absolute Gasteiger partial charge is 0.478 e. The maximum Gasteiger partial charge on any atom is 0.333 e. The third-order valence-corrected chi connectivity index (χ3v) is 4.06. The normalized spacial score (nSPS) is 31.9. The van der Waals surface area contributed by atoms with E-state index in [1.54, 1.807) is 17.2 Å². The van der Waals surface area contributed by atoms with Crippen LogP contribution in [0.15, 0.2) is 23.5 Å². The molecule has 0 unspecified atom stereocenters. The zero-order chi connectivity index (χ0) is 16.3. The van der Waals surface area contributed by atoms with Crippen LogP contribution in [0.4, 0.5) is 0 Å². The average molecular weight is 313 g/mol. The van der Waals surface area contributed by atoms with E-state index in [0.29, 0.717) is 18.5 Å². The summed E-state index contributed by atoms with van der Waals surface area (Å²) in [6, 6.07) is 0. The van der Waals surface area contributed by atoms with E-state index in [4.69, 9.17) is 4.74 Å². The van der Waals surface area contributed by atoms with Crippen LogP contribution in [0.2, 0.25) is 0 Å². The number of nitrogens with zero attached hydrogens (tertiary/aromatic N) is 1. The molecule has 0 saturated carbocycles. The third kappa shape index (κ3) is 3.17. The van der Waals surface area contributed by atoms with Crippen LogP contribution in [0.25, 0.3) is 0 Å². The molecule has 2 aliphatic heterocycles. The molecule has 0 radical (unpaired) electrons. The topological polar surface area (TPSA) is 110 Å². The lowest BCUT2D eigenvalue weighted by molar-refractivity contribution is -0.133. The predicted molar refractivity (Wildman–Crippen MR) is 77.5 cm³/mol. The molecule has 0 bridgehead atoms. The molecule has 124 valence electrons. The summed E-state index contributed by atoms with van der Waals surface area (Å²) >= 11 is 0. The Morgan fingerprint density at radius 3 is 2.68 bits per heavy atom. The molecule has 2 heterocycles. The number of aliphatic hydroxyl groups excluding tert-OH is 3. The summed E-state index contributed by atoms with van der Waals surface area (Å²) in [4.78, 5) is 13.0. The van der Waals surface area contributed by atoms with E-state index in [1.807, 2.05) is 6.92 Å². The minimum Gasteiger partial charge on any atom is -0.478 e. The minimum absolute atomic E-state index is 0.272. The molecule has 22 heavy (non-hydrogen) atoms. The van der Waals surface area contributed by atoms with Crippen molar-refractivity contribution < 1.29 is 30.0 Å². The van der Waals surface area contributed by atoms with Crippen molar-refractivity contribution >= 4 is 5.97 Å². The fourth-order valence-corrected chi connectivity index (χ4v) is 2.83. The fraction of sp³-hybridized carbons (Fsp3) is 0.667. The SMILES string of the molecule is CCCCC1=C(C(=O)O)CC=CN1[C@@H]1O[C@H](CO)[C@H](O)[C@@H]1O. The molecule has 0 aromatic carbocycles. The summed E-state index contributed by atoms with van der Waals surface area (Å²) in [5, 5.41) is 38.6. The van der Waals surface area contributed by atoms with Gasteiger partial charge in [0.25, 0.3) is 0 Å². The van der Waals surface area contributed by atoms with E-state index in [-0.39, 0.29) is 5.57 Å². The zero-order valence-corrected chi connectivity index (χ0v) is 12.6. The molecule has 4 N–H and O–H groups in total. The van der Waals surface area contributed by atoms with Crippen molar-refractivity contribution in [2.45, 2.75) is 57.1 Å². The summed E-state index contributed by atoms with van der Waals surface area (Å²) in [5.41, 5.74) is 0.861. The van der Waals surface area contributed by atoms with E-state index >= 15 is 0 Å². The van der Waals surface area contributed by atoms with Gasteiger partial charge in [0.1, 0.15) is 18.3 Å². The number of carbonyl (C=O) groups is 1. The number of carboxylic acid groups (broad SMARTS) is 1. The van der Waals surface area contributed by atoms with Crippen LogP contribution in [-0.4, -0.2) is 62.4 Å². The first-order valence-electron chi connectivity index (χ1n) is 7.54. The molecule has 2 aliphatic rings. The molecular formula is C15H23NO6. The second-order valence-corrected chi connectivity index (χ2v) is 5.56. The Morgan fingerprint density at radius 1 is 1.41 bits per heavy atom. The highest BCUT2D eigenvalue weighted by atomic mass is 16.6. The average Bonchev–Trinajstić information content (AvgIpc) is 2.80. The van der Waals surface area contributed by atoms with Crippen molar-refractivity contribution in [2.24, 2.45) is 0 Å². The van der Waals surface area contributed by atoms with Crippen molar-refractivity contribution in [1.29, 1.82) is 0 Å². The highest BCUT2D eigenvalue weighted by molar-refractivity contribution is 5.88. The molecule has 2 rings (SSSR count). The number of allylic oxidation sites excluding steroid dienone is 2. The van der Waals surface area contributed by atoms with Crippen LogP contribution >= 0.6 is 0 Å². The van der Waals surface area contributed by atoms with Crippen LogP contribution in [0, 0.1) is 0 Å². The summed E-state index contributed by atoms with van der Waals surface area (Å²) in [5.74, 6) is -0.993. The molecular weight excluding hydrogens is 290 g/mol. The van der Waals surface area contributed by atoms with Gasteiger partial charge in [0.2, 0.25) is 0 Å². The van der Waals surface area contributed by atoms with Crippen LogP contribution in [0.1, 0.15) is 32.6 Å². The number of aliphatic carboxylic acids is 1. The Labute approximate surface area is 129 Å². The molecule has 0 amide bonds. The number of rotatable bonds is 6. The van der Waals surface area contributed by atoms with E-state index in [0.717, 1.165) is 12.8 Å². The zero-order valence-electron chi connectivity index (χ0n) is 12.6. The molecule has 0 aromatic heterocycles. The maximum absolute atomic E-state index is 11.4. The number of unbranched alkanes of at least 4 members (excludes halogenated alkanes) is 1. The van der Waals surface area contributed by atoms with Crippen LogP contribution in [0.5, 0.6) is 0 Å². The molecule has 1 saturated heterocycles. The highest BCUT2D eigenvalue weighted by Gasteiger charge is 2.46. The number of carboxylic acids is 1. The van der Waals surface area contributed by atoms with Gasteiger partial charge in [0, 0.05) is 18.3 Å². The Kier molecular flexibility index (Phi) is 5.57. The van der Waals surface area contributed by atoms with Crippen molar-refractivity contribution in [1.82, 2.24) is 4.90 Å². The van der Waals surface area contributed by atoms with E-state index in [1.165, 1.54) is 0 Å². The van der Waals surface area contributed by atoms with E-state index in [2.05, 4.69) is 0 Å². The summed E-state index contributed by atoms with van der Waals surface area (Å²) in [6.07, 6.45) is 1.76. The van der Waals surface area contributed by atoms with Crippen molar-refractivity contribution in [2.75, 3.05) is 6.61 Å². The number of hydrogen-bond donors (Lipinski definition) is 4. The number of ether oxygens (including phenoxy) is 1. The third-order valence-electron chi connectivity index (χ3n) is 4.06. The molecule has 1 fully saturated rings. The van der Waals surface area contributed by atoms with Gasteiger partial charge in [0.05, 0.1) is 12.2 Å². The Morgan fingerprint density at radius 2 is 2.14 bits per heavy atom. The summed E-state index contributed by atoms with van der Waals surface area (Å²) < 4.78 is 5.51. The van der Waals surface area contributed by atoms with Crippen molar-refractivity contribution in [3.05, 3.63) is 23.5 Å². The maximum atomic E-state index is 11.4. The first-order valence-corrected chi connectivity index (χ1v) is 7.54. The predicted octanol–water partition coefficient (Wildman–Crippen LogP) is 0.174. The van der Waals surface area contributed by atoms with Gasteiger partial charge < -0.3 is 30.1 Å². The van der Waals surface area contributed by atoms with E-state index < -0.39 is 37.1 Å². The highest BCUT2D eigenvalue weighted by Crippen LogP contribution is 2.33. The first-order chi connectivity index (χ1) is 10.5. The van der Waals surface area contributed by atoms with Crippen molar-refractivity contribution in [3.8, 4) is 0 Å². The second kappa shape index (κ2) is 7.23. The van der Waals surface area contributed by atoms with Gasteiger partial charge in [0.15, 0.2) is 6.23 Å². The molecule has 4 atom stereocenters. The Hall–Kier alpha value is -1.41. The van der Waals surface area contributed by atoms with Crippen LogP contribution in [-0.2, 0) is 9.53 Å². The lowest BCUT2D eigenvalue weighted by Crippen LogP contribution is -2.42. The molecule has 7 heteroatoms. The lowest BCUT2D eigenvalue weighted by Gasteiger charge is -2.34. The van der Waals surface area contributed by atoms with Gasteiger partial charge in [-0.25, -0.2) is 4.79 Å². The first kappa shape index (κ1) is 17.0. The number of hydrogen-bond acceptors (Lipinski definition) is 6. The summed E-state index contributed by atoms with van der Waals surface area (Å²) in [7, 11) is 0. The van der Waals surface area contributed by atoms with Gasteiger partial charge in [-0.1, -0.05) is 19.4 Å². The van der Waals surface area contributed by atoms with Gasteiger partial charge in [-0.3, -0.25) is 0 Å². The molecule has 7 nitrogen and oxygen atoms in total. The van der Waals surface area contributed by atoms with Gasteiger partial charge in [-0.05, 0) is 12.8 Å². The smallest absolute Gasteiger partial charge is 0.333 e. The second-order valence-electron chi connectivity index (χ2n) is 5.56. The van der Waals surface area contributed by atoms with Gasteiger partial charge in [-0.2, -0.15) is 0 Å². The lowest BCUT2D eigenvalue weighted by atomic mass is 10.0. The van der Waals surface area contributed by atoms with Gasteiger partial charge >= 0.3 is 5.97 Å². The standard InChI is InChI=1S/C15H23NO6/c1-2-3-6-10-9(15(20)21)5-4-7-16(10)14-13(19)12(18)11(8-17)22-14/h4,7,11-14,17-19H,2-3,5-6,8H2,1H3,(H,20,21)/t11-,12+,13+,14-/m1/s1. The van der Waals surface area contributed by atoms with Crippen LogP contribution in [0.3, 0.4) is 0 Å². The summed E-state index contributed by atoms with van der Waals surface area (Å²) in [6.45, 7) is 1.60. The van der Waals surface area contributed by atoms with Gasteiger partial charge in [-0.15, -0.1) is 0 Å².